The quantitative estimate of drug-likeness (QED) is 0.636. The Morgan fingerprint density at radius 1 is 1.16 bits per heavy atom. The van der Waals surface area contributed by atoms with E-state index in [4.69, 9.17) is 11.6 Å². The summed E-state index contributed by atoms with van der Waals surface area (Å²) in [7, 11) is 0. The minimum Gasteiger partial charge on any atom is -0.305 e. The van der Waals surface area contributed by atoms with E-state index in [1.165, 1.54) is 5.56 Å². The summed E-state index contributed by atoms with van der Waals surface area (Å²) in [6, 6.07) is 18.2. The Hall–Kier alpha value is -1.76. The summed E-state index contributed by atoms with van der Waals surface area (Å²) in [5.41, 5.74) is 5.59. The summed E-state index contributed by atoms with van der Waals surface area (Å²) < 4.78 is 2.98. The molecule has 1 atom stereocenters. The third kappa shape index (κ3) is 3.76. The molecule has 2 heterocycles. The molecule has 1 N–H and O–H groups in total. The zero-order valence-corrected chi connectivity index (χ0v) is 16.2. The Labute approximate surface area is 163 Å². The Balaban J connectivity index is 1.50. The molecule has 1 aliphatic heterocycles. The first-order chi connectivity index (χ1) is 12.2. The van der Waals surface area contributed by atoms with Gasteiger partial charge in [0.05, 0.1) is 0 Å². The van der Waals surface area contributed by atoms with Gasteiger partial charge in [-0.15, -0.1) is 10.2 Å². The smallest absolute Gasteiger partial charge is 0.212 e. The normalized spacial score (nSPS) is 16.6. The van der Waals surface area contributed by atoms with E-state index in [9.17, 15) is 0 Å². The van der Waals surface area contributed by atoms with Crippen LogP contribution < -0.4 is 5.43 Å². The van der Waals surface area contributed by atoms with E-state index in [2.05, 4.69) is 43.7 Å². The van der Waals surface area contributed by atoms with E-state index < -0.39 is 0 Å². The topological polar surface area (TPSA) is 42.7 Å². The molecule has 0 spiro atoms. The van der Waals surface area contributed by atoms with E-state index in [-0.39, 0.29) is 5.37 Å². The minimum absolute atomic E-state index is 0.0242. The van der Waals surface area contributed by atoms with E-state index in [1.54, 1.807) is 11.8 Å². The fraction of sp³-hybridized carbons (Fsp3) is 0.111. The van der Waals surface area contributed by atoms with Crippen LogP contribution in [0.2, 0.25) is 0 Å². The van der Waals surface area contributed by atoms with Gasteiger partial charge in [-0.1, -0.05) is 81.8 Å². The average molecular weight is 434 g/mol. The van der Waals surface area contributed by atoms with Crippen LogP contribution >= 0.6 is 39.3 Å². The van der Waals surface area contributed by atoms with Crippen molar-refractivity contribution in [2.75, 3.05) is 5.43 Å². The van der Waals surface area contributed by atoms with Crippen molar-refractivity contribution in [2.45, 2.75) is 17.0 Å². The summed E-state index contributed by atoms with van der Waals surface area (Å²) in [5.74, 6) is 0.893. The summed E-state index contributed by atoms with van der Waals surface area (Å²) in [4.78, 5) is 0. The number of halogens is 2. The van der Waals surface area contributed by atoms with Gasteiger partial charge in [0.25, 0.3) is 0 Å². The van der Waals surface area contributed by atoms with Crippen molar-refractivity contribution >= 4 is 44.3 Å². The molecule has 0 fully saturated rings. The fourth-order valence-electron chi connectivity index (χ4n) is 2.58. The zero-order chi connectivity index (χ0) is 17.2. The Kier molecular flexibility index (Phi) is 4.83. The fourth-order valence-corrected chi connectivity index (χ4v) is 4.11. The van der Waals surface area contributed by atoms with Crippen LogP contribution in [0.4, 0.5) is 0 Å². The van der Waals surface area contributed by atoms with Gasteiger partial charge >= 0.3 is 0 Å². The van der Waals surface area contributed by atoms with Gasteiger partial charge in [-0.2, -0.15) is 0 Å². The van der Waals surface area contributed by atoms with E-state index in [0.717, 1.165) is 27.4 Å². The van der Waals surface area contributed by atoms with Gasteiger partial charge in [0, 0.05) is 15.9 Å². The Bertz CT molecular complexity index is 909. The van der Waals surface area contributed by atoms with Crippen molar-refractivity contribution in [1.29, 1.82) is 0 Å². The zero-order valence-electron chi connectivity index (χ0n) is 13.1. The van der Waals surface area contributed by atoms with Crippen LogP contribution in [0.25, 0.3) is 5.03 Å². The molecule has 1 aliphatic rings. The van der Waals surface area contributed by atoms with Crippen molar-refractivity contribution in [3.8, 4) is 0 Å². The van der Waals surface area contributed by atoms with Gasteiger partial charge in [-0.25, -0.2) is 4.68 Å². The third-order valence-corrected chi connectivity index (χ3v) is 5.66. The van der Waals surface area contributed by atoms with Crippen LogP contribution in [0.15, 0.2) is 70.3 Å². The molecule has 1 unspecified atom stereocenters. The number of rotatable bonds is 4. The van der Waals surface area contributed by atoms with Crippen LogP contribution in [-0.4, -0.2) is 20.2 Å². The molecular weight excluding hydrogens is 420 g/mol. The number of benzene rings is 2. The lowest BCUT2D eigenvalue weighted by Gasteiger charge is -2.09. The second-order valence-corrected chi connectivity index (χ2v) is 8.02. The predicted octanol–water partition coefficient (Wildman–Crippen LogP) is 4.89. The number of aromatic nitrogens is 3. The SMILES string of the molecule is Cl/C(=C\C1Nn2c(Cc3ccccc3)nnc2S1)c1ccc(Br)cc1. The molecule has 0 amide bonds. The lowest BCUT2D eigenvalue weighted by molar-refractivity contribution is 0.763. The van der Waals surface area contributed by atoms with E-state index in [0.29, 0.717) is 5.03 Å². The molecule has 0 aliphatic carbocycles. The van der Waals surface area contributed by atoms with Crippen LogP contribution in [0.1, 0.15) is 17.0 Å². The van der Waals surface area contributed by atoms with Gasteiger partial charge in [0.15, 0.2) is 5.82 Å². The molecule has 0 bridgehead atoms. The maximum absolute atomic E-state index is 6.47. The molecule has 126 valence electrons. The lowest BCUT2D eigenvalue weighted by atomic mass is 10.1. The number of nitrogens with one attached hydrogen (secondary N) is 1. The first kappa shape index (κ1) is 16.7. The van der Waals surface area contributed by atoms with Crippen molar-refractivity contribution in [2.24, 2.45) is 0 Å². The highest BCUT2D eigenvalue weighted by molar-refractivity contribution is 9.10. The van der Waals surface area contributed by atoms with Crippen LogP contribution in [0.3, 0.4) is 0 Å². The molecule has 1 aromatic heterocycles. The maximum atomic E-state index is 6.47. The molecule has 3 aromatic rings. The first-order valence-corrected chi connectivity index (χ1v) is 9.79. The molecule has 7 heteroatoms. The number of nitrogens with zero attached hydrogens (tertiary/aromatic N) is 3. The first-order valence-electron chi connectivity index (χ1n) is 7.74. The Morgan fingerprint density at radius 2 is 1.92 bits per heavy atom. The monoisotopic (exact) mass is 432 g/mol. The standard InChI is InChI=1S/C18H14BrClN4S/c19-14-8-6-13(7-9-14)15(20)11-17-23-24-16(21-22-18(24)25-17)10-12-4-2-1-3-5-12/h1-9,11,17,23H,10H2/b15-11-. The van der Waals surface area contributed by atoms with Crippen LogP contribution in [-0.2, 0) is 6.42 Å². The minimum atomic E-state index is 0.0242. The molecular formula is C18H14BrClN4S. The van der Waals surface area contributed by atoms with Gasteiger partial charge in [0.1, 0.15) is 5.37 Å². The number of thioether (sulfide) groups is 1. The van der Waals surface area contributed by atoms with Crippen molar-refractivity contribution < 1.29 is 0 Å². The van der Waals surface area contributed by atoms with Crippen molar-refractivity contribution in [3.05, 3.63) is 82.1 Å². The molecule has 0 saturated carbocycles. The predicted molar refractivity (Wildman–Crippen MR) is 106 cm³/mol. The molecule has 25 heavy (non-hydrogen) atoms. The molecule has 2 aromatic carbocycles. The molecule has 4 rings (SSSR count). The summed E-state index contributed by atoms with van der Waals surface area (Å²) in [5, 5.41) is 10.1. The van der Waals surface area contributed by atoms with Crippen molar-refractivity contribution in [1.82, 2.24) is 14.9 Å². The number of hydrogen-bond donors (Lipinski definition) is 1. The summed E-state index contributed by atoms with van der Waals surface area (Å²) in [6.45, 7) is 0. The Morgan fingerprint density at radius 3 is 2.68 bits per heavy atom. The van der Waals surface area contributed by atoms with Gasteiger partial charge < -0.3 is 5.43 Å². The highest BCUT2D eigenvalue weighted by atomic mass is 79.9. The second-order valence-electron chi connectivity index (χ2n) is 5.59. The van der Waals surface area contributed by atoms with Gasteiger partial charge in [-0.05, 0) is 29.3 Å². The largest absolute Gasteiger partial charge is 0.305 e. The summed E-state index contributed by atoms with van der Waals surface area (Å²) in [6.07, 6.45) is 2.73. The van der Waals surface area contributed by atoms with Crippen molar-refractivity contribution in [3.63, 3.8) is 0 Å². The van der Waals surface area contributed by atoms with Gasteiger partial charge in [-0.3, -0.25) is 0 Å². The number of hydrogen-bond acceptors (Lipinski definition) is 4. The van der Waals surface area contributed by atoms with Gasteiger partial charge in [0.2, 0.25) is 5.16 Å². The molecule has 0 saturated heterocycles. The maximum Gasteiger partial charge on any atom is 0.212 e. The second kappa shape index (κ2) is 7.23. The van der Waals surface area contributed by atoms with E-state index in [1.807, 2.05) is 53.2 Å². The highest BCUT2D eigenvalue weighted by Gasteiger charge is 2.25. The summed E-state index contributed by atoms with van der Waals surface area (Å²) >= 11 is 11.5. The van der Waals surface area contributed by atoms with Crippen LogP contribution in [0.5, 0.6) is 0 Å². The van der Waals surface area contributed by atoms with Crippen LogP contribution in [0, 0.1) is 0 Å². The number of fused-ring (bicyclic) bond motifs is 1. The van der Waals surface area contributed by atoms with E-state index >= 15 is 0 Å². The lowest BCUT2D eigenvalue weighted by Crippen LogP contribution is -2.19. The third-order valence-electron chi connectivity index (χ3n) is 3.81. The highest BCUT2D eigenvalue weighted by Crippen LogP contribution is 2.32. The average Bonchev–Trinajstić information content (AvgIpc) is 3.18. The molecule has 4 nitrogen and oxygen atoms in total. The molecule has 0 radical (unpaired) electrons.